The third kappa shape index (κ3) is 5.20. The van der Waals surface area contributed by atoms with Crippen LogP contribution >= 0.6 is 11.8 Å². The van der Waals surface area contributed by atoms with Crippen molar-refractivity contribution in [2.24, 2.45) is 0 Å². The Bertz CT molecular complexity index is 551. The molecule has 0 saturated heterocycles. The zero-order valence-corrected chi connectivity index (χ0v) is 11.8. The molecule has 5 nitrogen and oxygen atoms in total. The summed E-state index contributed by atoms with van der Waals surface area (Å²) in [5.74, 6) is 0.561. The first-order valence-electron chi connectivity index (χ1n) is 5.59. The molecule has 0 aliphatic rings. The van der Waals surface area contributed by atoms with E-state index in [2.05, 4.69) is 0 Å². The van der Waals surface area contributed by atoms with Crippen LogP contribution in [0.5, 0.6) is 0 Å². The van der Waals surface area contributed by atoms with Crippen LogP contribution in [0.15, 0.2) is 29.2 Å². The fourth-order valence-corrected chi connectivity index (χ4v) is 4.04. The lowest BCUT2D eigenvalue weighted by molar-refractivity contribution is 0.113. The van der Waals surface area contributed by atoms with E-state index in [0.29, 0.717) is 17.1 Å². The van der Waals surface area contributed by atoms with Crippen molar-refractivity contribution in [3.63, 3.8) is 0 Å². The Labute approximate surface area is 116 Å². The molecule has 0 bridgehead atoms. The smallest absolute Gasteiger partial charge is 0.179 e. The van der Waals surface area contributed by atoms with Crippen LogP contribution < -0.4 is 0 Å². The second-order valence-electron chi connectivity index (χ2n) is 3.87. The molecule has 0 heterocycles. The number of nitriles is 1. The van der Waals surface area contributed by atoms with E-state index in [-0.39, 0.29) is 17.3 Å². The van der Waals surface area contributed by atoms with Crippen LogP contribution in [-0.2, 0) is 9.84 Å². The van der Waals surface area contributed by atoms with Gasteiger partial charge in [-0.15, -0.1) is 0 Å². The maximum atomic E-state index is 12.0. The van der Waals surface area contributed by atoms with Gasteiger partial charge in [0, 0.05) is 11.5 Å². The maximum absolute atomic E-state index is 12.0. The summed E-state index contributed by atoms with van der Waals surface area (Å²) in [4.78, 5) is 0.134. The molecule has 1 aromatic rings. The lowest BCUT2D eigenvalue weighted by Gasteiger charge is -2.07. The van der Waals surface area contributed by atoms with Crippen molar-refractivity contribution in [2.45, 2.75) is 11.0 Å². The Morgan fingerprint density at radius 2 is 2.16 bits per heavy atom. The molecule has 19 heavy (non-hydrogen) atoms. The van der Waals surface area contributed by atoms with E-state index in [1.807, 2.05) is 6.07 Å². The molecule has 0 aromatic heterocycles. The Kier molecular flexibility index (Phi) is 6.31. The van der Waals surface area contributed by atoms with Gasteiger partial charge in [-0.1, -0.05) is 6.07 Å². The highest BCUT2D eigenvalue weighted by molar-refractivity contribution is 8.00. The molecular weight excluding hydrogens is 286 g/mol. The first kappa shape index (κ1) is 16.0. The quantitative estimate of drug-likeness (QED) is 0.708. The zero-order chi connectivity index (χ0) is 14.3. The van der Waals surface area contributed by atoms with E-state index in [9.17, 15) is 8.42 Å². The lowest BCUT2D eigenvalue weighted by atomic mass is 10.2. The molecule has 1 aromatic carbocycles. The molecule has 104 valence electrons. The van der Waals surface area contributed by atoms with E-state index in [1.54, 1.807) is 6.07 Å². The molecule has 0 aliphatic heterocycles. The largest absolute Gasteiger partial charge is 0.394 e. The average Bonchev–Trinajstić information content (AvgIpc) is 2.43. The van der Waals surface area contributed by atoms with Gasteiger partial charge in [-0.2, -0.15) is 17.0 Å². The molecule has 0 spiro atoms. The molecule has 1 unspecified atom stereocenters. The third-order valence-electron chi connectivity index (χ3n) is 2.34. The summed E-state index contributed by atoms with van der Waals surface area (Å²) in [6.07, 6.45) is -0.824. The first-order chi connectivity index (χ1) is 8.99. The predicted octanol–water partition coefficient (Wildman–Crippen LogP) is 0.418. The van der Waals surface area contributed by atoms with Crippen molar-refractivity contribution in [1.29, 1.82) is 5.26 Å². The van der Waals surface area contributed by atoms with Crippen molar-refractivity contribution in [2.75, 3.05) is 23.9 Å². The third-order valence-corrected chi connectivity index (χ3v) is 5.43. The summed E-state index contributed by atoms with van der Waals surface area (Å²) in [6.45, 7) is -0.329. The lowest BCUT2D eigenvalue weighted by Crippen LogP contribution is -2.16. The standard InChI is InChI=1S/C12H15NO4S2/c13-7-10-2-1-3-12(6-10)19(16,17)5-4-18-9-11(15)8-14/h1-3,6,11,14-15H,4-5,8-9H2. The Morgan fingerprint density at radius 3 is 2.79 bits per heavy atom. The summed E-state index contributed by atoms with van der Waals surface area (Å²) >= 11 is 1.26. The molecule has 0 amide bonds. The van der Waals surface area contributed by atoms with E-state index in [0.717, 1.165) is 0 Å². The number of aliphatic hydroxyl groups is 2. The van der Waals surface area contributed by atoms with Crippen LogP contribution in [0.3, 0.4) is 0 Å². The van der Waals surface area contributed by atoms with Gasteiger partial charge < -0.3 is 10.2 Å². The summed E-state index contributed by atoms with van der Waals surface area (Å²) < 4.78 is 24.0. The number of hydrogen-bond donors (Lipinski definition) is 2. The van der Waals surface area contributed by atoms with Gasteiger partial charge in [0.05, 0.1) is 35.0 Å². The normalized spacial score (nSPS) is 12.9. The second-order valence-corrected chi connectivity index (χ2v) is 7.13. The Balaban J connectivity index is 2.59. The van der Waals surface area contributed by atoms with Gasteiger partial charge in [0.15, 0.2) is 9.84 Å². The van der Waals surface area contributed by atoms with Gasteiger partial charge in [0.2, 0.25) is 0 Å². The summed E-state index contributed by atoms with van der Waals surface area (Å²) in [5.41, 5.74) is 0.310. The number of aliphatic hydroxyl groups excluding tert-OH is 2. The van der Waals surface area contributed by atoms with Gasteiger partial charge in [0.25, 0.3) is 0 Å². The van der Waals surface area contributed by atoms with Crippen LogP contribution in [0.1, 0.15) is 5.56 Å². The molecular formula is C12H15NO4S2. The van der Waals surface area contributed by atoms with Crippen molar-refractivity contribution in [3.05, 3.63) is 29.8 Å². The fraction of sp³-hybridized carbons (Fsp3) is 0.417. The second kappa shape index (κ2) is 7.50. The van der Waals surface area contributed by atoms with Crippen molar-refractivity contribution < 1.29 is 18.6 Å². The maximum Gasteiger partial charge on any atom is 0.179 e. The summed E-state index contributed by atoms with van der Waals surface area (Å²) in [6, 6.07) is 7.79. The molecule has 0 fully saturated rings. The van der Waals surface area contributed by atoms with Crippen LogP contribution in [0.2, 0.25) is 0 Å². The zero-order valence-electron chi connectivity index (χ0n) is 10.2. The van der Waals surface area contributed by atoms with Crippen LogP contribution in [0, 0.1) is 11.3 Å². The minimum Gasteiger partial charge on any atom is -0.394 e. The van der Waals surface area contributed by atoms with Gasteiger partial charge in [-0.05, 0) is 18.2 Å². The number of thioether (sulfide) groups is 1. The number of hydrogen-bond acceptors (Lipinski definition) is 6. The van der Waals surface area contributed by atoms with Gasteiger partial charge in [-0.25, -0.2) is 8.42 Å². The molecule has 7 heteroatoms. The molecule has 0 radical (unpaired) electrons. The highest BCUT2D eigenvalue weighted by Gasteiger charge is 2.15. The number of nitrogens with zero attached hydrogens (tertiary/aromatic N) is 1. The van der Waals surface area contributed by atoms with Crippen LogP contribution in [-0.4, -0.2) is 48.6 Å². The molecule has 2 N–H and O–H groups in total. The fourth-order valence-electron chi connectivity index (χ4n) is 1.32. The molecule has 1 atom stereocenters. The minimum atomic E-state index is -3.41. The van der Waals surface area contributed by atoms with Gasteiger partial charge in [-0.3, -0.25) is 0 Å². The molecule has 0 saturated carbocycles. The van der Waals surface area contributed by atoms with Crippen molar-refractivity contribution in [1.82, 2.24) is 0 Å². The highest BCUT2D eigenvalue weighted by atomic mass is 32.2. The molecule has 0 aliphatic carbocycles. The first-order valence-corrected chi connectivity index (χ1v) is 8.40. The highest BCUT2D eigenvalue weighted by Crippen LogP contribution is 2.15. The minimum absolute atomic E-state index is 0.0648. The monoisotopic (exact) mass is 301 g/mol. The topological polar surface area (TPSA) is 98.4 Å². The van der Waals surface area contributed by atoms with E-state index < -0.39 is 15.9 Å². The van der Waals surface area contributed by atoms with Crippen molar-refractivity contribution in [3.8, 4) is 6.07 Å². The van der Waals surface area contributed by atoms with Crippen molar-refractivity contribution >= 4 is 21.6 Å². The summed E-state index contributed by atoms with van der Waals surface area (Å²) in [7, 11) is -3.41. The average molecular weight is 301 g/mol. The van der Waals surface area contributed by atoms with E-state index in [4.69, 9.17) is 15.5 Å². The van der Waals surface area contributed by atoms with E-state index in [1.165, 1.54) is 30.0 Å². The van der Waals surface area contributed by atoms with Crippen LogP contribution in [0.4, 0.5) is 0 Å². The van der Waals surface area contributed by atoms with Gasteiger partial charge in [0.1, 0.15) is 0 Å². The Morgan fingerprint density at radius 1 is 1.42 bits per heavy atom. The number of sulfone groups is 1. The SMILES string of the molecule is N#Cc1cccc(S(=O)(=O)CCSCC(O)CO)c1. The predicted molar refractivity (Wildman–Crippen MR) is 73.6 cm³/mol. The van der Waals surface area contributed by atoms with Gasteiger partial charge >= 0.3 is 0 Å². The number of benzene rings is 1. The molecule has 1 rings (SSSR count). The Hall–Kier alpha value is -1.07. The number of rotatable bonds is 7. The van der Waals surface area contributed by atoms with E-state index >= 15 is 0 Å². The van der Waals surface area contributed by atoms with Crippen LogP contribution in [0.25, 0.3) is 0 Å². The summed E-state index contributed by atoms with van der Waals surface area (Å²) in [5, 5.41) is 26.5.